The van der Waals surface area contributed by atoms with Gasteiger partial charge in [0.1, 0.15) is 10.7 Å². The second-order valence-electron chi connectivity index (χ2n) is 4.12. The number of hydrogen-bond donors (Lipinski definition) is 2. The molecule has 1 aliphatic carbocycles. The van der Waals surface area contributed by atoms with Crippen molar-refractivity contribution in [1.29, 1.82) is 0 Å². The monoisotopic (exact) mass is 278 g/mol. The summed E-state index contributed by atoms with van der Waals surface area (Å²) in [7, 11) is -3.70. The lowest BCUT2D eigenvalue weighted by Gasteiger charge is -2.32. The zero-order chi connectivity index (χ0) is 12.6. The maximum Gasteiger partial charge on any atom is 0.242 e. The van der Waals surface area contributed by atoms with E-state index < -0.39 is 15.8 Å². The highest BCUT2D eigenvalue weighted by Gasteiger charge is 2.31. The summed E-state index contributed by atoms with van der Waals surface area (Å²) in [6.45, 7) is 0. The summed E-state index contributed by atoms with van der Waals surface area (Å²) in [4.78, 5) is -0.110. The van der Waals surface area contributed by atoms with Crippen molar-refractivity contribution in [3.05, 3.63) is 29.0 Å². The van der Waals surface area contributed by atoms with Crippen molar-refractivity contribution in [1.82, 2.24) is 4.72 Å². The SMILES string of the molecule is NC1CC(NS(=O)(=O)c2ccc(F)cc2Cl)C1. The Morgan fingerprint density at radius 2 is 2.06 bits per heavy atom. The Kier molecular flexibility index (Phi) is 3.40. The molecule has 1 aromatic rings. The fourth-order valence-electron chi connectivity index (χ4n) is 1.73. The first-order valence-electron chi connectivity index (χ1n) is 5.11. The number of sulfonamides is 1. The van der Waals surface area contributed by atoms with Gasteiger partial charge in [-0.15, -0.1) is 0 Å². The molecule has 1 aliphatic rings. The molecule has 94 valence electrons. The van der Waals surface area contributed by atoms with Crippen molar-refractivity contribution in [3.63, 3.8) is 0 Å². The number of rotatable bonds is 3. The molecule has 0 atom stereocenters. The van der Waals surface area contributed by atoms with Gasteiger partial charge in [0.25, 0.3) is 0 Å². The lowest BCUT2D eigenvalue weighted by Crippen LogP contribution is -2.50. The fourth-order valence-corrected chi connectivity index (χ4v) is 3.53. The van der Waals surface area contributed by atoms with E-state index in [2.05, 4.69) is 4.72 Å². The van der Waals surface area contributed by atoms with Gasteiger partial charge < -0.3 is 5.73 Å². The van der Waals surface area contributed by atoms with Crippen LogP contribution >= 0.6 is 11.6 Å². The Morgan fingerprint density at radius 1 is 1.41 bits per heavy atom. The quantitative estimate of drug-likeness (QED) is 0.874. The Balaban J connectivity index is 2.20. The van der Waals surface area contributed by atoms with Crippen molar-refractivity contribution in [3.8, 4) is 0 Å². The summed E-state index contributed by atoms with van der Waals surface area (Å²) < 4.78 is 39.1. The van der Waals surface area contributed by atoms with Crippen LogP contribution in [0.5, 0.6) is 0 Å². The van der Waals surface area contributed by atoms with E-state index in [1.54, 1.807) is 0 Å². The molecule has 0 heterocycles. The number of nitrogens with two attached hydrogens (primary N) is 1. The molecule has 2 rings (SSSR count). The van der Waals surface area contributed by atoms with E-state index >= 15 is 0 Å². The Morgan fingerprint density at radius 3 is 2.59 bits per heavy atom. The molecule has 1 fully saturated rings. The van der Waals surface area contributed by atoms with Gasteiger partial charge in [0.05, 0.1) is 5.02 Å². The molecule has 0 amide bonds. The number of nitrogens with one attached hydrogen (secondary N) is 1. The van der Waals surface area contributed by atoms with Crippen LogP contribution in [0.1, 0.15) is 12.8 Å². The van der Waals surface area contributed by atoms with Gasteiger partial charge in [-0.3, -0.25) is 0 Å². The summed E-state index contributed by atoms with van der Waals surface area (Å²) in [5, 5.41) is -0.124. The standard InChI is InChI=1S/C10H12ClFN2O2S/c11-9-3-6(12)1-2-10(9)17(15,16)14-8-4-7(13)5-8/h1-3,7-8,14H,4-5,13H2. The maximum atomic E-state index is 12.8. The first-order chi connectivity index (χ1) is 7.88. The first kappa shape index (κ1) is 12.8. The summed E-state index contributed by atoms with van der Waals surface area (Å²) >= 11 is 5.70. The van der Waals surface area contributed by atoms with Crippen LogP contribution in [0, 0.1) is 5.82 Å². The maximum absolute atomic E-state index is 12.8. The van der Waals surface area contributed by atoms with Crippen LogP contribution in [0.3, 0.4) is 0 Å². The van der Waals surface area contributed by atoms with Gasteiger partial charge in [-0.2, -0.15) is 0 Å². The minimum Gasteiger partial charge on any atom is -0.328 e. The van der Waals surface area contributed by atoms with Gasteiger partial charge in [-0.1, -0.05) is 11.6 Å². The molecule has 1 saturated carbocycles. The third kappa shape index (κ3) is 2.77. The molecular weight excluding hydrogens is 267 g/mol. The van der Waals surface area contributed by atoms with Gasteiger partial charge in [-0.05, 0) is 31.0 Å². The number of halogens is 2. The molecule has 0 aromatic heterocycles. The molecule has 4 nitrogen and oxygen atoms in total. The van der Waals surface area contributed by atoms with E-state index in [1.807, 2.05) is 0 Å². The highest BCUT2D eigenvalue weighted by molar-refractivity contribution is 7.89. The lowest BCUT2D eigenvalue weighted by atomic mass is 9.89. The molecule has 1 aromatic carbocycles. The largest absolute Gasteiger partial charge is 0.328 e. The molecule has 0 bridgehead atoms. The minimum atomic E-state index is -3.70. The topological polar surface area (TPSA) is 72.2 Å². The second kappa shape index (κ2) is 4.53. The predicted molar refractivity (Wildman–Crippen MR) is 62.7 cm³/mol. The van der Waals surface area contributed by atoms with Crippen LogP contribution in [-0.2, 0) is 10.0 Å². The van der Waals surface area contributed by atoms with Gasteiger partial charge in [-0.25, -0.2) is 17.5 Å². The first-order valence-corrected chi connectivity index (χ1v) is 6.97. The van der Waals surface area contributed by atoms with Crippen LogP contribution in [0.15, 0.2) is 23.1 Å². The van der Waals surface area contributed by atoms with Crippen molar-refractivity contribution in [2.45, 2.75) is 29.8 Å². The normalized spacial score (nSPS) is 24.4. The van der Waals surface area contributed by atoms with E-state index in [1.165, 1.54) is 0 Å². The van der Waals surface area contributed by atoms with Crippen LogP contribution in [-0.4, -0.2) is 20.5 Å². The summed E-state index contributed by atoms with van der Waals surface area (Å²) in [6, 6.07) is 3.08. The highest BCUT2D eigenvalue weighted by atomic mass is 35.5. The van der Waals surface area contributed by atoms with Crippen LogP contribution < -0.4 is 10.5 Å². The zero-order valence-corrected chi connectivity index (χ0v) is 10.4. The van der Waals surface area contributed by atoms with Crippen LogP contribution in [0.2, 0.25) is 5.02 Å². The minimum absolute atomic E-state index is 0.0476. The molecule has 0 spiro atoms. The van der Waals surface area contributed by atoms with Crippen LogP contribution in [0.4, 0.5) is 4.39 Å². The summed E-state index contributed by atoms with van der Waals surface area (Å²) in [5.74, 6) is -0.570. The fraction of sp³-hybridized carbons (Fsp3) is 0.400. The Bertz CT molecular complexity index is 529. The van der Waals surface area contributed by atoms with Gasteiger partial charge in [0.15, 0.2) is 0 Å². The Labute approximate surface area is 104 Å². The van der Waals surface area contributed by atoms with Crippen molar-refractivity contribution in [2.75, 3.05) is 0 Å². The molecule has 0 saturated heterocycles. The molecule has 0 aliphatic heterocycles. The second-order valence-corrected chi connectivity index (χ2v) is 6.21. The van der Waals surface area contributed by atoms with Gasteiger partial charge in [0.2, 0.25) is 10.0 Å². The molecule has 0 unspecified atom stereocenters. The lowest BCUT2D eigenvalue weighted by molar-refractivity contribution is 0.327. The average molecular weight is 279 g/mol. The number of hydrogen-bond acceptors (Lipinski definition) is 3. The average Bonchev–Trinajstić information content (AvgIpc) is 2.14. The molecule has 7 heteroatoms. The smallest absolute Gasteiger partial charge is 0.242 e. The zero-order valence-electron chi connectivity index (χ0n) is 8.86. The number of benzene rings is 1. The molecule has 17 heavy (non-hydrogen) atoms. The van der Waals surface area contributed by atoms with Crippen molar-refractivity contribution >= 4 is 21.6 Å². The summed E-state index contributed by atoms with van der Waals surface area (Å²) in [6.07, 6.45) is 1.22. The predicted octanol–water partition coefficient (Wildman–Crippen LogP) is 1.25. The molecular formula is C10H12ClFN2O2S. The van der Waals surface area contributed by atoms with E-state index in [4.69, 9.17) is 17.3 Å². The van der Waals surface area contributed by atoms with Crippen LogP contribution in [0.25, 0.3) is 0 Å². The van der Waals surface area contributed by atoms with Crippen molar-refractivity contribution < 1.29 is 12.8 Å². The van der Waals surface area contributed by atoms with Gasteiger partial charge in [0, 0.05) is 12.1 Å². The van der Waals surface area contributed by atoms with E-state index in [-0.39, 0.29) is 22.0 Å². The molecule has 0 radical (unpaired) electrons. The third-order valence-corrected chi connectivity index (χ3v) is 4.68. The highest BCUT2D eigenvalue weighted by Crippen LogP contribution is 2.25. The van der Waals surface area contributed by atoms with E-state index in [9.17, 15) is 12.8 Å². The van der Waals surface area contributed by atoms with E-state index in [0.29, 0.717) is 12.8 Å². The van der Waals surface area contributed by atoms with E-state index in [0.717, 1.165) is 18.2 Å². The molecule has 3 N–H and O–H groups in total. The van der Waals surface area contributed by atoms with Gasteiger partial charge >= 0.3 is 0 Å². The van der Waals surface area contributed by atoms with Crippen molar-refractivity contribution in [2.24, 2.45) is 5.73 Å². The Hall–Kier alpha value is -0.690. The third-order valence-electron chi connectivity index (χ3n) is 2.68. The summed E-state index contributed by atoms with van der Waals surface area (Å²) in [5.41, 5.74) is 5.57.